The van der Waals surface area contributed by atoms with E-state index in [1.807, 2.05) is 30.3 Å². The molecule has 0 atom stereocenters. The number of nitriles is 1. The molecule has 0 radical (unpaired) electrons. The monoisotopic (exact) mass is 703 g/mol. The van der Waals surface area contributed by atoms with Gasteiger partial charge in [-0.05, 0) is 170 Å². The van der Waals surface area contributed by atoms with Gasteiger partial charge < -0.3 is 0 Å². The highest BCUT2D eigenvalue weighted by Crippen LogP contribution is 2.62. The summed E-state index contributed by atoms with van der Waals surface area (Å²) in [7, 11) is 0. The van der Waals surface area contributed by atoms with Gasteiger partial charge in [-0.25, -0.2) is 19.8 Å². The third-order valence-corrected chi connectivity index (χ3v) is 14.9. The molecule has 8 bridgehead atoms. The van der Waals surface area contributed by atoms with E-state index in [-0.39, 0.29) is 0 Å². The number of nitrogens with zero attached hydrogens (tertiary/aromatic N) is 5. The Morgan fingerprint density at radius 2 is 0.926 bits per heavy atom. The molecule has 5 heteroatoms. The van der Waals surface area contributed by atoms with Crippen LogP contribution in [-0.2, 0) is 10.8 Å². The van der Waals surface area contributed by atoms with E-state index in [1.54, 1.807) is 6.07 Å². The van der Waals surface area contributed by atoms with Gasteiger partial charge in [0, 0.05) is 22.3 Å². The van der Waals surface area contributed by atoms with Crippen LogP contribution in [0.15, 0.2) is 91.0 Å². The second-order valence-electron chi connectivity index (χ2n) is 18.4. The van der Waals surface area contributed by atoms with Gasteiger partial charge in [0.1, 0.15) is 0 Å². The van der Waals surface area contributed by atoms with Crippen molar-refractivity contribution in [2.45, 2.75) is 87.9 Å². The lowest BCUT2D eigenvalue weighted by molar-refractivity contribution is -0.00530. The Morgan fingerprint density at radius 1 is 0.500 bits per heavy atom. The van der Waals surface area contributed by atoms with E-state index in [1.165, 1.54) is 88.2 Å². The van der Waals surface area contributed by atoms with Crippen LogP contribution >= 0.6 is 0 Å². The molecule has 13 rings (SSSR count). The first-order valence-electron chi connectivity index (χ1n) is 20.4. The van der Waals surface area contributed by atoms with E-state index < -0.39 is 0 Å². The minimum Gasteiger partial charge on any atom is -0.238 e. The number of rotatable bonds is 6. The molecule has 0 amide bonds. The van der Waals surface area contributed by atoms with Crippen molar-refractivity contribution < 1.29 is 0 Å². The lowest BCUT2D eigenvalue weighted by Gasteiger charge is -2.57. The average molecular weight is 704 g/mol. The second-order valence-corrected chi connectivity index (χ2v) is 18.4. The fourth-order valence-corrected chi connectivity index (χ4v) is 13.4. The second kappa shape index (κ2) is 12.2. The van der Waals surface area contributed by atoms with Gasteiger partial charge in [-0.15, -0.1) is 0 Å². The molecule has 1 aromatic heterocycles. The highest BCUT2D eigenvalue weighted by molar-refractivity contribution is 5.76. The fraction of sp³-hybridized carbons (Fsp3) is 0.408. The first kappa shape index (κ1) is 32.3. The van der Waals surface area contributed by atoms with E-state index >= 15 is 0 Å². The van der Waals surface area contributed by atoms with Crippen molar-refractivity contribution in [3.8, 4) is 51.4 Å². The van der Waals surface area contributed by atoms with E-state index in [9.17, 15) is 5.26 Å². The van der Waals surface area contributed by atoms with Gasteiger partial charge in [0.2, 0.25) is 0 Å². The van der Waals surface area contributed by atoms with Crippen molar-refractivity contribution in [2.24, 2.45) is 35.5 Å². The summed E-state index contributed by atoms with van der Waals surface area (Å²) in [4.78, 5) is 19.1. The maximum atomic E-state index is 9.65. The Balaban J connectivity index is 0.978. The summed E-state index contributed by atoms with van der Waals surface area (Å²) in [6.45, 7) is 7.58. The summed E-state index contributed by atoms with van der Waals surface area (Å²) in [5, 5.41) is 9.65. The van der Waals surface area contributed by atoms with Crippen LogP contribution in [0.5, 0.6) is 0 Å². The molecule has 8 aliphatic rings. The van der Waals surface area contributed by atoms with Gasteiger partial charge in [-0.1, -0.05) is 66.7 Å². The summed E-state index contributed by atoms with van der Waals surface area (Å²) in [6, 6.07) is 34.2. The van der Waals surface area contributed by atoms with Crippen LogP contribution in [0.1, 0.15) is 93.7 Å². The Kier molecular flexibility index (Phi) is 7.30. The van der Waals surface area contributed by atoms with Crippen LogP contribution in [0.2, 0.25) is 0 Å². The van der Waals surface area contributed by atoms with Gasteiger partial charge in [0.15, 0.2) is 23.2 Å². The van der Waals surface area contributed by atoms with Crippen LogP contribution in [0.4, 0.5) is 5.69 Å². The van der Waals surface area contributed by atoms with Crippen molar-refractivity contribution in [3.05, 3.63) is 119 Å². The lowest BCUT2D eigenvalue weighted by Crippen LogP contribution is -2.48. The van der Waals surface area contributed by atoms with Crippen molar-refractivity contribution in [2.75, 3.05) is 0 Å². The Morgan fingerprint density at radius 3 is 1.35 bits per heavy atom. The quantitative estimate of drug-likeness (QED) is 0.165. The number of hydrogen-bond donors (Lipinski definition) is 0. The number of benzene rings is 4. The van der Waals surface area contributed by atoms with Crippen molar-refractivity contribution >= 4 is 5.69 Å². The van der Waals surface area contributed by atoms with Crippen LogP contribution in [0, 0.1) is 53.4 Å². The van der Waals surface area contributed by atoms with Crippen LogP contribution < -0.4 is 0 Å². The topological polar surface area (TPSA) is 66.8 Å². The highest BCUT2D eigenvalue weighted by atomic mass is 15.0. The van der Waals surface area contributed by atoms with E-state index in [2.05, 4.69) is 65.5 Å². The minimum absolute atomic E-state index is 0.345. The minimum atomic E-state index is 0.345. The first-order valence-corrected chi connectivity index (χ1v) is 20.4. The van der Waals surface area contributed by atoms with E-state index in [0.717, 1.165) is 63.3 Å². The van der Waals surface area contributed by atoms with Crippen LogP contribution in [0.25, 0.3) is 50.1 Å². The summed E-state index contributed by atoms with van der Waals surface area (Å²) in [5.41, 5.74) is 9.27. The Labute approximate surface area is 318 Å². The van der Waals surface area contributed by atoms with E-state index in [0.29, 0.717) is 39.6 Å². The molecule has 266 valence electrons. The predicted octanol–water partition coefficient (Wildman–Crippen LogP) is 11.9. The maximum Gasteiger partial charge on any atom is 0.189 e. The Hall–Kier alpha value is -5.13. The third-order valence-electron chi connectivity index (χ3n) is 14.9. The molecule has 0 N–H and O–H groups in total. The molecule has 0 saturated heterocycles. The summed E-state index contributed by atoms with van der Waals surface area (Å²) in [5.74, 6) is 7.43. The largest absolute Gasteiger partial charge is 0.238 e. The molecular weight excluding hydrogens is 659 g/mol. The Bertz CT molecular complexity index is 2170. The molecule has 0 unspecified atom stereocenters. The van der Waals surface area contributed by atoms with Gasteiger partial charge >= 0.3 is 0 Å². The van der Waals surface area contributed by atoms with Crippen LogP contribution in [0.3, 0.4) is 0 Å². The number of aromatic nitrogens is 3. The van der Waals surface area contributed by atoms with Crippen molar-refractivity contribution in [1.29, 1.82) is 5.26 Å². The standard InChI is InChI=1S/C49H45N5/c1-51-44-20-36(29-50)19-41(22-44)39-3-2-4-40(21-39)47-53-45(37-5-9-42(10-6-37)48-23-30-13-31(24-48)15-32(14-30)25-48)52-46(54-47)38-7-11-43(12-8-38)49-26-33-16-34(27-49)18-35(17-33)28-49/h2-12,19-22,30-35H,13-18,23-28H2. The van der Waals surface area contributed by atoms with E-state index in [4.69, 9.17) is 21.5 Å². The molecule has 0 aliphatic heterocycles. The molecule has 54 heavy (non-hydrogen) atoms. The zero-order chi connectivity index (χ0) is 36.0. The number of hydrogen-bond acceptors (Lipinski definition) is 4. The average Bonchev–Trinajstić information content (AvgIpc) is 3.19. The highest BCUT2D eigenvalue weighted by Gasteiger charge is 2.52. The zero-order valence-corrected chi connectivity index (χ0v) is 30.8. The smallest absolute Gasteiger partial charge is 0.189 e. The molecule has 5 aromatic rings. The molecule has 1 heterocycles. The summed E-state index contributed by atoms with van der Waals surface area (Å²) >= 11 is 0. The molecule has 8 saturated carbocycles. The molecule has 0 spiro atoms. The van der Waals surface area contributed by atoms with Crippen molar-refractivity contribution in [1.82, 2.24) is 15.0 Å². The summed E-state index contributed by atoms with van der Waals surface area (Å²) in [6.07, 6.45) is 16.8. The van der Waals surface area contributed by atoms with Crippen LogP contribution in [-0.4, -0.2) is 15.0 Å². The van der Waals surface area contributed by atoms with Gasteiger partial charge in [0.25, 0.3) is 0 Å². The molecule has 8 fully saturated rings. The maximum absolute atomic E-state index is 9.65. The lowest BCUT2D eigenvalue weighted by atomic mass is 9.48. The molecule has 5 nitrogen and oxygen atoms in total. The third kappa shape index (κ3) is 5.42. The van der Waals surface area contributed by atoms with Gasteiger partial charge in [-0.2, -0.15) is 5.26 Å². The fourth-order valence-electron chi connectivity index (χ4n) is 13.4. The normalized spacial score (nSPS) is 31.3. The SMILES string of the molecule is [C-]#[N+]c1cc(C#N)cc(-c2cccc(-c3nc(-c4ccc(C56CC7CC(CC(C7)C5)C6)cc4)nc(-c4ccc(C56CC7CC(CC(C7)C5)C6)cc4)n3)c2)c1. The molecule has 4 aromatic carbocycles. The van der Waals surface area contributed by atoms with Gasteiger partial charge in [-0.3, -0.25) is 0 Å². The van der Waals surface area contributed by atoms with Crippen molar-refractivity contribution in [3.63, 3.8) is 0 Å². The predicted molar refractivity (Wildman–Crippen MR) is 212 cm³/mol. The summed E-state index contributed by atoms with van der Waals surface area (Å²) < 4.78 is 0. The first-order chi connectivity index (χ1) is 26.4. The zero-order valence-electron chi connectivity index (χ0n) is 30.8. The molecule has 8 aliphatic carbocycles. The molecular formula is C49H45N5. The van der Waals surface area contributed by atoms with Gasteiger partial charge in [0.05, 0.1) is 12.6 Å².